The van der Waals surface area contributed by atoms with Crippen molar-refractivity contribution >= 4 is 10.4 Å². The SMILES string of the molecule is COC(C)N.COC(C)N.O=S(=O)(O)O. The number of hydrogen-bond donors (Lipinski definition) is 4. The normalized spacial score (nSPS) is 13.9. The summed E-state index contributed by atoms with van der Waals surface area (Å²) in [5.74, 6) is 0. The summed E-state index contributed by atoms with van der Waals surface area (Å²) in [6, 6.07) is 0. The van der Waals surface area contributed by atoms with E-state index in [1.54, 1.807) is 28.1 Å². The zero-order valence-corrected chi connectivity index (χ0v) is 10.1. The zero-order valence-electron chi connectivity index (χ0n) is 9.25. The fourth-order valence-electron chi connectivity index (χ4n) is 0. The minimum atomic E-state index is -4.67. The van der Waals surface area contributed by atoms with Crippen LogP contribution < -0.4 is 11.5 Å². The zero-order chi connectivity index (χ0) is 13.1. The second-order valence-electron chi connectivity index (χ2n) is 2.33. The molecule has 0 radical (unpaired) electrons. The number of ether oxygens (including phenoxy) is 2. The minimum Gasteiger partial charge on any atom is -0.367 e. The molecule has 0 spiro atoms. The predicted octanol–water partition coefficient (Wildman–Crippen LogP) is -0.778. The largest absolute Gasteiger partial charge is 0.394 e. The molecule has 0 saturated carbocycles. The summed E-state index contributed by atoms with van der Waals surface area (Å²) in [5.41, 5.74) is 10.1. The van der Waals surface area contributed by atoms with Gasteiger partial charge in [-0.2, -0.15) is 8.42 Å². The lowest BCUT2D eigenvalue weighted by Crippen LogP contribution is -2.15. The molecule has 0 rings (SSSR count). The number of nitrogens with two attached hydrogens (primary N) is 2. The summed E-state index contributed by atoms with van der Waals surface area (Å²) in [6.07, 6.45) is -0.231. The summed E-state index contributed by atoms with van der Waals surface area (Å²) < 4.78 is 40.6. The molecule has 0 saturated heterocycles. The van der Waals surface area contributed by atoms with Crippen molar-refractivity contribution in [3.8, 4) is 0 Å². The molecule has 0 aromatic carbocycles. The van der Waals surface area contributed by atoms with Crippen molar-refractivity contribution in [1.29, 1.82) is 0 Å². The Hall–Kier alpha value is -0.290. The van der Waals surface area contributed by atoms with E-state index in [1.165, 1.54) is 0 Å². The molecule has 6 N–H and O–H groups in total. The van der Waals surface area contributed by atoms with E-state index in [0.717, 1.165) is 0 Å². The quantitative estimate of drug-likeness (QED) is 0.368. The van der Waals surface area contributed by atoms with Gasteiger partial charge in [-0.15, -0.1) is 0 Å². The molecule has 15 heavy (non-hydrogen) atoms. The molecular weight excluding hydrogens is 228 g/mol. The van der Waals surface area contributed by atoms with Crippen LogP contribution in [0.1, 0.15) is 13.8 Å². The third-order valence-electron chi connectivity index (χ3n) is 0.744. The van der Waals surface area contributed by atoms with Crippen molar-refractivity contribution in [2.75, 3.05) is 14.2 Å². The molecule has 0 aliphatic rings. The van der Waals surface area contributed by atoms with Gasteiger partial charge in [-0.25, -0.2) is 0 Å². The van der Waals surface area contributed by atoms with Crippen molar-refractivity contribution in [1.82, 2.24) is 0 Å². The van der Waals surface area contributed by atoms with Crippen molar-refractivity contribution in [3.63, 3.8) is 0 Å². The van der Waals surface area contributed by atoms with Crippen LogP contribution in [0.25, 0.3) is 0 Å². The van der Waals surface area contributed by atoms with Crippen LogP contribution in [0.5, 0.6) is 0 Å². The second-order valence-corrected chi connectivity index (χ2v) is 3.23. The molecule has 2 unspecified atom stereocenters. The summed E-state index contributed by atoms with van der Waals surface area (Å²) >= 11 is 0. The molecule has 0 aliphatic carbocycles. The summed E-state index contributed by atoms with van der Waals surface area (Å²) in [4.78, 5) is 0. The van der Waals surface area contributed by atoms with Crippen molar-refractivity contribution in [2.24, 2.45) is 11.5 Å². The molecule has 8 nitrogen and oxygen atoms in total. The molecule has 96 valence electrons. The maximum atomic E-state index is 8.74. The molecule has 0 amide bonds. The molecule has 9 heteroatoms. The first-order valence-corrected chi connectivity index (χ1v) is 5.20. The van der Waals surface area contributed by atoms with Gasteiger partial charge < -0.3 is 20.9 Å². The van der Waals surface area contributed by atoms with Crippen LogP contribution in [0, 0.1) is 0 Å². The monoisotopic (exact) mass is 248 g/mol. The third kappa shape index (κ3) is 137. The summed E-state index contributed by atoms with van der Waals surface area (Å²) in [5, 5.41) is 0. The first-order chi connectivity index (χ1) is 6.54. The van der Waals surface area contributed by atoms with Gasteiger partial charge >= 0.3 is 10.4 Å². The molecule has 0 aromatic rings. The first kappa shape index (κ1) is 20.2. The van der Waals surface area contributed by atoms with E-state index in [2.05, 4.69) is 9.47 Å². The van der Waals surface area contributed by atoms with Crippen LogP contribution in [-0.2, 0) is 19.9 Å². The Balaban J connectivity index is -0.000000144. The Labute approximate surface area is 90.1 Å². The summed E-state index contributed by atoms with van der Waals surface area (Å²) in [7, 11) is -1.52. The van der Waals surface area contributed by atoms with E-state index in [4.69, 9.17) is 29.0 Å². The van der Waals surface area contributed by atoms with Crippen LogP contribution in [0.4, 0.5) is 0 Å². The van der Waals surface area contributed by atoms with Gasteiger partial charge in [0.15, 0.2) is 0 Å². The van der Waals surface area contributed by atoms with E-state index in [0.29, 0.717) is 0 Å². The average molecular weight is 248 g/mol. The third-order valence-corrected chi connectivity index (χ3v) is 0.744. The molecule has 0 aromatic heterocycles. The smallest absolute Gasteiger partial charge is 0.367 e. The van der Waals surface area contributed by atoms with E-state index >= 15 is 0 Å². The lowest BCUT2D eigenvalue weighted by atomic mass is 10.7. The van der Waals surface area contributed by atoms with E-state index in [9.17, 15) is 0 Å². The fourth-order valence-corrected chi connectivity index (χ4v) is 0. The van der Waals surface area contributed by atoms with Crippen LogP contribution in [-0.4, -0.2) is 44.2 Å². The Bertz CT molecular complexity index is 188. The highest BCUT2D eigenvalue weighted by Gasteiger charge is 1.84. The van der Waals surface area contributed by atoms with Gasteiger partial charge in [0.2, 0.25) is 0 Å². The Kier molecular flexibility index (Phi) is 15.8. The molecule has 0 fully saturated rings. The van der Waals surface area contributed by atoms with Gasteiger partial charge in [-0.1, -0.05) is 0 Å². The van der Waals surface area contributed by atoms with Crippen LogP contribution in [0.2, 0.25) is 0 Å². The van der Waals surface area contributed by atoms with Gasteiger partial charge in [-0.3, -0.25) is 9.11 Å². The lowest BCUT2D eigenvalue weighted by Gasteiger charge is -1.95. The van der Waals surface area contributed by atoms with Crippen LogP contribution in [0.15, 0.2) is 0 Å². The second kappa shape index (κ2) is 11.8. The van der Waals surface area contributed by atoms with Gasteiger partial charge in [-0.05, 0) is 13.8 Å². The lowest BCUT2D eigenvalue weighted by molar-refractivity contribution is 0.124. The average Bonchev–Trinajstić information content (AvgIpc) is 2.02. The van der Waals surface area contributed by atoms with Crippen molar-refractivity contribution in [3.05, 3.63) is 0 Å². The van der Waals surface area contributed by atoms with Crippen molar-refractivity contribution < 1.29 is 27.0 Å². The Morgan fingerprint density at radius 3 is 1.07 bits per heavy atom. The highest BCUT2D eigenvalue weighted by atomic mass is 32.3. The van der Waals surface area contributed by atoms with Crippen molar-refractivity contribution in [2.45, 2.75) is 26.3 Å². The highest BCUT2D eigenvalue weighted by molar-refractivity contribution is 7.79. The summed E-state index contributed by atoms with van der Waals surface area (Å²) in [6.45, 7) is 3.56. The van der Waals surface area contributed by atoms with Crippen LogP contribution >= 0.6 is 0 Å². The molecule has 0 heterocycles. The standard InChI is InChI=1S/2C3H9NO.H2O4S/c2*1-3(4)5-2;1-5(2,3)4/h2*3H,4H2,1-2H3;(H2,1,2,3,4). The molecular formula is C6H20N2O6S. The van der Waals surface area contributed by atoms with Crippen LogP contribution in [0.3, 0.4) is 0 Å². The number of methoxy groups -OCH3 is 2. The van der Waals surface area contributed by atoms with Gasteiger partial charge in [0.05, 0.1) is 0 Å². The number of hydrogen-bond acceptors (Lipinski definition) is 6. The maximum absolute atomic E-state index is 8.74. The Morgan fingerprint density at radius 1 is 1.00 bits per heavy atom. The number of rotatable bonds is 2. The molecule has 2 atom stereocenters. The minimum absolute atomic E-state index is 0.116. The maximum Gasteiger partial charge on any atom is 0.394 e. The van der Waals surface area contributed by atoms with Gasteiger partial charge in [0, 0.05) is 14.2 Å². The van der Waals surface area contributed by atoms with E-state index < -0.39 is 10.4 Å². The predicted molar refractivity (Wildman–Crippen MR) is 55.5 cm³/mol. The highest BCUT2D eigenvalue weighted by Crippen LogP contribution is 1.67. The topological polar surface area (TPSA) is 145 Å². The van der Waals surface area contributed by atoms with Gasteiger partial charge in [0.1, 0.15) is 12.5 Å². The van der Waals surface area contributed by atoms with E-state index in [-0.39, 0.29) is 12.5 Å². The van der Waals surface area contributed by atoms with Gasteiger partial charge in [0.25, 0.3) is 0 Å². The molecule has 0 aliphatic heterocycles. The fraction of sp³-hybridized carbons (Fsp3) is 1.00. The molecule has 0 bridgehead atoms. The van der Waals surface area contributed by atoms with E-state index in [1.807, 2.05) is 0 Å². The Morgan fingerprint density at radius 2 is 1.07 bits per heavy atom. The first-order valence-electron chi connectivity index (χ1n) is 3.81.